The molecule has 0 bridgehead atoms. The Labute approximate surface area is 109 Å². The maximum Gasteiger partial charge on any atom is 0.339 e. The molecule has 0 amide bonds. The van der Waals surface area contributed by atoms with Gasteiger partial charge in [0, 0.05) is 0 Å². The van der Waals surface area contributed by atoms with Gasteiger partial charge in [0.2, 0.25) is 0 Å². The second kappa shape index (κ2) is 5.68. The molecule has 2 rings (SSSR count). The van der Waals surface area contributed by atoms with Gasteiger partial charge in [0.15, 0.2) is 0 Å². The first-order valence-electron chi connectivity index (χ1n) is 5.06. The van der Waals surface area contributed by atoms with Crippen LogP contribution in [-0.4, -0.2) is 35.4 Å². The van der Waals surface area contributed by atoms with E-state index in [1.807, 2.05) is 18.2 Å². The standard InChI is InChI=1S/C11H8O3.CH4O3S/c12-10-6-8-4-2-1-3-7(8)5-9(10)11(13)14;1-5(2,3)4/h1-6,12H,(H,13,14);1H3,(H,2,3,4). The zero-order chi connectivity index (χ0) is 14.6. The highest BCUT2D eigenvalue weighted by Crippen LogP contribution is 2.24. The molecular formula is C12H12O6S. The van der Waals surface area contributed by atoms with Crippen LogP contribution in [0.2, 0.25) is 0 Å². The van der Waals surface area contributed by atoms with Crippen molar-refractivity contribution in [1.29, 1.82) is 0 Å². The van der Waals surface area contributed by atoms with E-state index in [1.165, 1.54) is 12.1 Å². The number of rotatable bonds is 1. The normalized spacial score (nSPS) is 10.6. The lowest BCUT2D eigenvalue weighted by molar-refractivity contribution is 0.0694. The lowest BCUT2D eigenvalue weighted by Crippen LogP contribution is -1.96. The Bertz CT molecular complexity index is 697. The van der Waals surface area contributed by atoms with Crippen LogP contribution in [-0.2, 0) is 10.1 Å². The summed E-state index contributed by atoms with van der Waals surface area (Å²) < 4.78 is 25.9. The number of carboxylic acid groups (broad SMARTS) is 1. The largest absolute Gasteiger partial charge is 0.507 e. The number of carboxylic acids is 1. The maximum absolute atomic E-state index is 10.7. The highest BCUT2D eigenvalue weighted by Gasteiger charge is 2.09. The molecule has 0 heterocycles. The van der Waals surface area contributed by atoms with Crippen molar-refractivity contribution in [1.82, 2.24) is 0 Å². The highest BCUT2D eigenvalue weighted by atomic mass is 32.2. The Balaban J connectivity index is 0.000000312. The van der Waals surface area contributed by atoms with Crippen LogP contribution in [0.3, 0.4) is 0 Å². The number of phenols is 1. The Kier molecular flexibility index (Phi) is 4.47. The number of benzene rings is 2. The maximum atomic E-state index is 10.7. The number of aromatic carboxylic acids is 1. The van der Waals surface area contributed by atoms with Crippen molar-refractivity contribution < 1.29 is 28.0 Å². The summed E-state index contributed by atoms with van der Waals surface area (Å²) in [7, 11) is -3.67. The van der Waals surface area contributed by atoms with Crippen molar-refractivity contribution in [3.8, 4) is 5.75 Å². The van der Waals surface area contributed by atoms with Crippen LogP contribution in [0.1, 0.15) is 10.4 Å². The number of carbonyl (C=O) groups is 1. The highest BCUT2D eigenvalue weighted by molar-refractivity contribution is 7.85. The fourth-order valence-electron chi connectivity index (χ4n) is 1.40. The van der Waals surface area contributed by atoms with E-state index in [9.17, 15) is 18.3 Å². The minimum absolute atomic E-state index is 0.0660. The second-order valence-corrected chi connectivity index (χ2v) is 5.22. The Morgan fingerprint density at radius 3 is 1.95 bits per heavy atom. The monoisotopic (exact) mass is 284 g/mol. The smallest absolute Gasteiger partial charge is 0.339 e. The van der Waals surface area contributed by atoms with Gasteiger partial charge in [-0.3, -0.25) is 4.55 Å². The minimum Gasteiger partial charge on any atom is -0.507 e. The summed E-state index contributed by atoms with van der Waals surface area (Å²) in [5, 5.41) is 19.8. The van der Waals surface area contributed by atoms with E-state index >= 15 is 0 Å². The molecule has 0 saturated carbocycles. The topological polar surface area (TPSA) is 112 Å². The number of fused-ring (bicyclic) bond motifs is 1. The molecule has 6 nitrogen and oxygen atoms in total. The first-order chi connectivity index (χ1) is 8.68. The van der Waals surface area contributed by atoms with Crippen LogP contribution in [0.25, 0.3) is 10.8 Å². The Hall–Kier alpha value is -2.12. The fraction of sp³-hybridized carbons (Fsp3) is 0.0833. The summed E-state index contributed by atoms with van der Waals surface area (Å²) in [6, 6.07) is 10.2. The molecule has 0 fully saturated rings. The van der Waals surface area contributed by atoms with E-state index in [1.54, 1.807) is 6.07 Å². The Morgan fingerprint density at radius 1 is 1.11 bits per heavy atom. The summed E-state index contributed by atoms with van der Waals surface area (Å²) >= 11 is 0. The molecule has 2 aromatic rings. The predicted molar refractivity (Wildman–Crippen MR) is 70.0 cm³/mol. The van der Waals surface area contributed by atoms with Crippen LogP contribution in [0.15, 0.2) is 36.4 Å². The number of hydrogen-bond donors (Lipinski definition) is 3. The third kappa shape index (κ3) is 4.94. The summed E-state index contributed by atoms with van der Waals surface area (Å²) in [5.41, 5.74) is -0.0660. The van der Waals surface area contributed by atoms with Crippen LogP contribution in [0.5, 0.6) is 5.75 Å². The molecular weight excluding hydrogens is 272 g/mol. The summed E-state index contributed by atoms with van der Waals surface area (Å²) in [4.78, 5) is 10.7. The molecule has 0 aliphatic carbocycles. The third-order valence-corrected chi connectivity index (χ3v) is 2.09. The van der Waals surface area contributed by atoms with Gasteiger partial charge in [-0.15, -0.1) is 0 Å². The molecule has 0 saturated heterocycles. The van der Waals surface area contributed by atoms with Gasteiger partial charge in [0.05, 0.1) is 6.26 Å². The SMILES string of the molecule is CS(=O)(=O)O.O=C(O)c1cc2ccccc2cc1O. The molecule has 102 valence electrons. The molecule has 19 heavy (non-hydrogen) atoms. The van der Waals surface area contributed by atoms with Gasteiger partial charge in [-0.25, -0.2) is 4.79 Å². The van der Waals surface area contributed by atoms with Gasteiger partial charge in [-0.1, -0.05) is 24.3 Å². The average molecular weight is 284 g/mol. The average Bonchev–Trinajstić information content (AvgIpc) is 2.25. The van der Waals surface area contributed by atoms with Gasteiger partial charge >= 0.3 is 5.97 Å². The minimum atomic E-state index is -3.67. The third-order valence-electron chi connectivity index (χ3n) is 2.09. The van der Waals surface area contributed by atoms with Crippen LogP contribution >= 0.6 is 0 Å². The first kappa shape index (κ1) is 14.9. The molecule has 0 unspecified atom stereocenters. The van der Waals surface area contributed by atoms with E-state index in [4.69, 9.17) is 9.66 Å². The van der Waals surface area contributed by atoms with Crippen molar-refractivity contribution in [3.63, 3.8) is 0 Å². The quantitative estimate of drug-likeness (QED) is 0.688. The number of aromatic hydroxyl groups is 1. The van der Waals surface area contributed by atoms with Crippen molar-refractivity contribution >= 4 is 26.9 Å². The second-order valence-electron chi connectivity index (χ2n) is 3.75. The van der Waals surface area contributed by atoms with Gasteiger partial charge < -0.3 is 10.2 Å². The molecule has 7 heteroatoms. The molecule has 0 aliphatic heterocycles. The van der Waals surface area contributed by atoms with E-state index in [0.717, 1.165) is 10.8 Å². The molecule has 0 radical (unpaired) electrons. The molecule has 0 spiro atoms. The van der Waals surface area contributed by atoms with E-state index in [0.29, 0.717) is 6.26 Å². The van der Waals surface area contributed by atoms with E-state index in [2.05, 4.69) is 0 Å². The molecule has 3 N–H and O–H groups in total. The summed E-state index contributed by atoms with van der Waals surface area (Å²) in [5.74, 6) is -1.32. The van der Waals surface area contributed by atoms with Crippen molar-refractivity contribution in [2.45, 2.75) is 0 Å². The molecule has 0 aliphatic rings. The number of hydrogen-bond acceptors (Lipinski definition) is 4. The summed E-state index contributed by atoms with van der Waals surface area (Å²) in [6.45, 7) is 0. The predicted octanol–water partition coefficient (Wildman–Crippen LogP) is 1.75. The zero-order valence-corrected chi connectivity index (χ0v) is 10.8. The molecule has 0 aromatic heterocycles. The molecule has 0 atom stereocenters. The van der Waals surface area contributed by atoms with Gasteiger partial charge in [0.1, 0.15) is 11.3 Å². The zero-order valence-electron chi connectivity index (χ0n) is 9.94. The van der Waals surface area contributed by atoms with Crippen LogP contribution in [0.4, 0.5) is 0 Å². The van der Waals surface area contributed by atoms with Crippen LogP contribution in [0, 0.1) is 0 Å². The van der Waals surface area contributed by atoms with E-state index < -0.39 is 16.1 Å². The van der Waals surface area contributed by atoms with Gasteiger partial charge in [0.25, 0.3) is 10.1 Å². The summed E-state index contributed by atoms with van der Waals surface area (Å²) in [6.07, 6.45) is 0.715. The van der Waals surface area contributed by atoms with E-state index in [-0.39, 0.29) is 11.3 Å². The first-order valence-corrected chi connectivity index (χ1v) is 6.91. The Morgan fingerprint density at radius 2 is 1.53 bits per heavy atom. The van der Waals surface area contributed by atoms with Crippen molar-refractivity contribution in [3.05, 3.63) is 42.0 Å². The van der Waals surface area contributed by atoms with Gasteiger partial charge in [-0.05, 0) is 22.9 Å². The van der Waals surface area contributed by atoms with Crippen molar-refractivity contribution in [2.75, 3.05) is 6.26 Å². The van der Waals surface area contributed by atoms with Crippen molar-refractivity contribution in [2.24, 2.45) is 0 Å². The lowest BCUT2D eigenvalue weighted by atomic mass is 10.1. The fourth-order valence-corrected chi connectivity index (χ4v) is 1.40. The van der Waals surface area contributed by atoms with Crippen LogP contribution < -0.4 is 0 Å². The lowest BCUT2D eigenvalue weighted by Gasteiger charge is -2.02. The van der Waals surface area contributed by atoms with Gasteiger partial charge in [-0.2, -0.15) is 8.42 Å². The molecule has 2 aromatic carbocycles.